The van der Waals surface area contributed by atoms with Gasteiger partial charge in [0.25, 0.3) is 5.91 Å². The van der Waals surface area contributed by atoms with Crippen molar-refractivity contribution in [2.45, 2.75) is 33.2 Å². The fourth-order valence-electron chi connectivity index (χ4n) is 2.72. The molecule has 2 amide bonds. The molecule has 0 aromatic heterocycles. The van der Waals surface area contributed by atoms with Gasteiger partial charge in [0.1, 0.15) is 0 Å². The van der Waals surface area contributed by atoms with Gasteiger partial charge >= 0.3 is 0 Å². The number of carbonyl (C=O) groups excluding carboxylic acids is 2. The quantitative estimate of drug-likeness (QED) is 0.680. The van der Waals surface area contributed by atoms with Crippen LogP contribution in [0.5, 0.6) is 0 Å². The molecule has 0 spiro atoms. The van der Waals surface area contributed by atoms with Crippen molar-refractivity contribution in [2.75, 3.05) is 32.7 Å². The number of hydrogen-bond donors (Lipinski definition) is 2. The van der Waals surface area contributed by atoms with E-state index in [-0.39, 0.29) is 17.9 Å². The van der Waals surface area contributed by atoms with Crippen LogP contribution >= 0.6 is 0 Å². The lowest BCUT2D eigenvalue weighted by molar-refractivity contribution is -0.896. The maximum absolute atomic E-state index is 12.1. The molecule has 2 fully saturated rings. The van der Waals surface area contributed by atoms with Gasteiger partial charge in [0.15, 0.2) is 6.54 Å². The van der Waals surface area contributed by atoms with Gasteiger partial charge in [-0.05, 0) is 26.2 Å². The lowest BCUT2D eigenvalue weighted by Crippen LogP contribution is -3.16. The first-order chi connectivity index (χ1) is 8.97. The van der Waals surface area contributed by atoms with E-state index in [4.69, 9.17) is 0 Å². The molecule has 5 heteroatoms. The summed E-state index contributed by atoms with van der Waals surface area (Å²) in [5.74, 6) is 1.30. The molecule has 2 N–H and O–H groups in total. The van der Waals surface area contributed by atoms with Gasteiger partial charge in [-0.2, -0.15) is 0 Å². The van der Waals surface area contributed by atoms with Crippen LogP contribution in [0.3, 0.4) is 0 Å². The minimum Gasteiger partial charge on any atom is -0.349 e. The van der Waals surface area contributed by atoms with Crippen molar-refractivity contribution in [3.63, 3.8) is 0 Å². The molecule has 0 aromatic rings. The van der Waals surface area contributed by atoms with E-state index in [9.17, 15) is 9.59 Å². The van der Waals surface area contributed by atoms with Gasteiger partial charge in [0.2, 0.25) is 5.91 Å². The summed E-state index contributed by atoms with van der Waals surface area (Å²) in [5, 5.41) is 2.92. The van der Waals surface area contributed by atoms with Crippen LogP contribution in [0, 0.1) is 11.8 Å². The number of nitrogens with zero attached hydrogens (tertiary/aromatic N) is 1. The Hall–Kier alpha value is -1.10. The first-order valence-electron chi connectivity index (χ1n) is 7.39. The van der Waals surface area contributed by atoms with Crippen LogP contribution < -0.4 is 10.2 Å². The van der Waals surface area contributed by atoms with Gasteiger partial charge in [-0.25, -0.2) is 0 Å². The molecule has 0 bridgehead atoms. The largest absolute Gasteiger partial charge is 0.349 e. The van der Waals surface area contributed by atoms with E-state index in [0.717, 1.165) is 32.6 Å². The lowest BCUT2D eigenvalue weighted by Gasteiger charge is -2.32. The number of piperazine rings is 1. The fraction of sp³-hybridized carbons (Fsp3) is 0.857. The molecule has 1 saturated heterocycles. The second-order valence-corrected chi connectivity index (χ2v) is 6.29. The summed E-state index contributed by atoms with van der Waals surface area (Å²) in [6, 6.07) is 0.200. The van der Waals surface area contributed by atoms with Gasteiger partial charge < -0.3 is 15.1 Å². The molecule has 0 radical (unpaired) electrons. The second kappa shape index (κ2) is 5.90. The normalized spacial score (nSPS) is 27.5. The smallest absolute Gasteiger partial charge is 0.275 e. The Morgan fingerprint density at radius 1 is 1.32 bits per heavy atom. The predicted octanol–water partition coefficient (Wildman–Crippen LogP) is -1.11. The number of nitrogens with one attached hydrogen (secondary N) is 2. The zero-order chi connectivity index (χ0) is 14.0. The van der Waals surface area contributed by atoms with Crippen molar-refractivity contribution in [3.8, 4) is 0 Å². The van der Waals surface area contributed by atoms with E-state index in [1.807, 2.05) is 18.7 Å². The molecule has 5 nitrogen and oxygen atoms in total. The highest BCUT2D eigenvalue weighted by atomic mass is 16.2. The van der Waals surface area contributed by atoms with Crippen molar-refractivity contribution in [3.05, 3.63) is 0 Å². The Labute approximate surface area is 115 Å². The van der Waals surface area contributed by atoms with E-state index in [1.165, 1.54) is 4.90 Å². The molecule has 19 heavy (non-hydrogen) atoms. The Kier molecular flexibility index (Phi) is 4.45. The first kappa shape index (κ1) is 14.3. The summed E-state index contributed by atoms with van der Waals surface area (Å²) in [4.78, 5) is 27.0. The molecular weight excluding hydrogens is 242 g/mol. The average molecular weight is 268 g/mol. The number of hydrogen-bond acceptors (Lipinski definition) is 2. The molecule has 1 aliphatic carbocycles. The van der Waals surface area contributed by atoms with E-state index >= 15 is 0 Å². The highest BCUT2D eigenvalue weighted by molar-refractivity contribution is 5.81. The zero-order valence-electron chi connectivity index (χ0n) is 12.2. The zero-order valence-corrected chi connectivity index (χ0v) is 12.2. The standard InChI is InChI=1S/C14H25N3O2/c1-10(2)15-13(18)9-16-4-6-17(7-5-16)14(19)12-8-11(12)3/h10-12H,4-9H2,1-3H3,(H,15,18)/p+1/t11-,12+/m0/s1. The molecule has 1 aliphatic heterocycles. The highest BCUT2D eigenvalue weighted by Gasteiger charge is 2.42. The van der Waals surface area contributed by atoms with Gasteiger partial charge in [-0.1, -0.05) is 6.92 Å². The van der Waals surface area contributed by atoms with E-state index < -0.39 is 0 Å². The van der Waals surface area contributed by atoms with E-state index in [0.29, 0.717) is 18.4 Å². The molecule has 2 aliphatic rings. The first-order valence-corrected chi connectivity index (χ1v) is 7.39. The van der Waals surface area contributed by atoms with Crippen LogP contribution in [0.4, 0.5) is 0 Å². The molecular formula is C14H26N3O2+. The minimum absolute atomic E-state index is 0.112. The molecule has 2 atom stereocenters. The molecule has 0 unspecified atom stereocenters. The number of rotatable bonds is 4. The van der Waals surface area contributed by atoms with Crippen molar-refractivity contribution in [2.24, 2.45) is 11.8 Å². The molecule has 2 rings (SSSR count). The van der Waals surface area contributed by atoms with Crippen LogP contribution in [-0.2, 0) is 9.59 Å². The van der Waals surface area contributed by atoms with Crippen LogP contribution in [-0.4, -0.2) is 55.5 Å². The monoisotopic (exact) mass is 268 g/mol. The van der Waals surface area contributed by atoms with E-state index in [2.05, 4.69) is 12.2 Å². The maximum atomic E-state index is 12.1. The van der Waals surface area contributed by atoms with Crippen molar-refractivity contribution in [1.29, 1.82) is 0 Å². The minimum atomic E-state index is 0.112. The third-order valence-corrected chi connectivity index (χ3v) is 4.07. The van der Waals surface area contributed by atoms with Crippen LogP contribution in [0.15, 0.2) is 0 Å². The SMILES string of the molecule is CC(C)NC(=O)C[NH+]1CCN(C(=O)[C@@H]2C[C@@H]2C)CC1. The summed E-state index contributed by atoms with van der Waals surface area (Å²) in [6.45, 7) is 9.98. The highest BCUT2D eigenvalue weighted by Crippen LogP contribution is 2.39. The van der Waals surface area contributed by atoms with Gasteiger partial charge in [0, 0.05) is 12.0 Å². The third-order valence-electron chi connectivity index (χ3n) is 4.07. The average Bonchev–Trinajstić information content (AvgIpc) is 3.05. The van der Waals surface area contributed by atoms with Gasteiger partial charge in [-0.15, -0.1) is 0 Å². The van der Waals surface area contributed by atoms with Gasteiger partial charge in [-0.3, -0.25) is 9.59 Å². The molecule has 0 aromatic carbocycles. The summed E-state index contributed by atoms with van der Waals surface area (Å²) >= 11 is 0. The van der Waals surface area contributed by atoms with Crippen molar-refractivity contribution >= 4 is 11.8 Å². The summed E-state index contributed by atoms with van der Waals surface area (Å²) < 4.78 is 0. The van der Waals surface area contributed by atoms with E-state index in [1.54, 1.807) is 0 Å². The number of carbonyl (C=O) groups is 2. The second-order valence-electron chi connectivity index (χ2n) is 6.29. The Bertz CT molecular complexity index is 349. The van der Waals surface area contributed by atoms with Crippen LogP contribution in [0.1, 0.15) is 27.2 Å². The maximum Gasteiger partial charge on any atom is 0.275 e. The molecule has 108 valence electrons. The Morgan fingerprint density at radius 2 is 1.89 bits per heavy atom. The van der Waals surface area contributed by atoms with Crippen LogP contribution in [0.25, 0.3) is 0 Å². The number of quaternary nitrogens is 1. The Morgan fingerprint density at radius 3 is 2.37 bits per heavy atom. The van der Waals surface area contributed by atoms with Crippen LogP contribution in [0.2, 0.25) is 0 Å². The lowest BCUT2D eigenvalue weighted by atomic mass is 10.2. The topological polar surface area (TPSA) is 53.9 Å². The summed E-state index contributed by atoms with van der Waals surface area (Å²) in [6.07, 6.45) is 1.06. The fourth-order valence-corrected chi connectivity index (χ4v) is 2.72. The molecule has 1 saturated carbocycles. The third kappa shape index (κ3) is 3.93. The molecule has 1 heterocycles. The predicted molar refractivity (Wildman–Crippen MR) is 72.7 cm³/mol. The summed E-state index contributed by atoms with van der Waals surface area (Å²) in [7, 11) is 0. The number of amides is 2. The van der Waals surface area contributed by atoms with Crippen molar-refractivity contribution in [1.82, 2.24) is 10.2 Å². The summed E-state index contributed by atoms with van der Waals surface area (Å²) in [5.41, 5.74) is 0. The Balaban J connectivity index is 1.70. The van der Waals surface area contributed by atoms with Gasteiger partial charge in [0.05, 0.1) is 26.2 Å². The van der Waals surface area contributed by atoms with Crippen molar-refractivity contribution < 1.29 is 14.5 Å².